The van der Waals surface area contributed by atoms with Crippen molar-refractivity contribution in [2.24, 2.45) is 0 Å². The fraction of sp³-hybridized carbons (Fsp3) is 0.533. The summed E-state index contributed by atoms with van der Waals surface area (Å²) in [6, 6.07) is 0.551. The smallest absolute Gasteiger partial charge is 0.267 e. The molecule has 0 unspecified atom stereocenters. The van der Waals surface area contributed by atoms with Gasteiger partial charge in [-0.05, 0) is 19.9 Å². The third-order valence-corrected chi connectivity index (χ3v) is 3.84. The van der Waals surface area contributed by atoms with Crippen LogP contribution in [0.15, 0.2) is 15.0 Å². The summed E-state index contributed by atoms with van der Waals surface area (Å²) in [5, 5.41) is 3.67. The average molecular weight is 341 g/mol. The molecule has 0 aromatic carbocycles. The summed E-state index contributed by atoms with van der Waals surface area (Å²) in [4.78, 5) is 17.8. The first-order chi connectivity index (χ1) is 11.3. The largest absolute Gasteiger partial charge is 0.466 e. The topological polar surface area (TPSA) is 81.6 Å². The van der Waals surface area contributed by atoms with Crippen molar-refractivity contribution >= 4 is 5.91 Å². The van der Waals surface area contributed by atoms with Crippen molar-refractivity contribution in [1.29, 1.82) is 0 Å². The molecular formula is C15H17F2N3O4. The van der Waals surface area contributed by atoms with E-state index in [1.165, 1.54) is 13.2 Å². The molecule has 3 heterocycles. The van der Waals surface area contributed by atoms with Crippen LogP contribution in [0.5, 0.6) is 0 Å². The number of furan rings is 1. The van der Waals surface area contributed by atoms with Crippen molar-refractivity contribution in [2.75, 3.05) is 13.7 Å². The van der Waals surface area contributed by atoms with Gasteiger partial charge in [0.15, 0.2) is 5.82 Å². The van der Waals surface area contributed by atoms with Crippen molar-refractivity contribution in [3.63, 3.8) is 0 Å². The van der Waals surface area contributed by atoms with Crippen molar-refractivity contribution in [1.82, 2.24) is 15.0 Å². The predicted molar refractivity (Wildman–Crippen MR) is 76.5 cm³/mol. The highest BCUT2D eigenvalue weighted by atomic mass is 19.3. The summed E-state index contributed by atoms with van der Waals surface area (Å²) in [6.45, 7) is 2.70. The van der Waals surface area contributed by atoms with Gasteiger partial charge in [-0.25, -0.2) is 8.78 Å². The number of aromatic nitrogens is 2. The van der Waals surface area contributed by atoms with Gasteiger partial charge in [-0.15, -0.1) is 0 Å². The summed E-state index contributed by atoms with van der Waals surface area (Å²) < 4.78 is 43.1. The molecule has 1 aliphatic rings. The zero-order valence-electron chi connectivity index (χ0n) is 13.5. The van der Waals surface area contributed by atoms with Gasteiger partial charge >= 0.3 is 0 Å². The Balaban J connectivity index is 1.91. The highest BCUT2D eigenvalue weighted by Crippen LogP contribution is 2.41. The Bertz CT molecular complexity index is 756. The van der Waals surface area contributed by atoms with Gasteiger partial charge in [0.1, 0.15) is 24.2 Å². The minimum absolute atomic E-state index is 0.0227. The van der Waals surface area contributed by atoms with Crippen molar-refractivity contribution in [3.8, 4) is 0 Å². The number of halogens is 2. The Morgan fingerprint density at radius 2 is 2.25 bits per heavy atom. The molecule has 9 heteroatoms. The highest BCUT2D eigenvalue weighted by Gasteiger charge is 2.50. The number of hydrogen-bond acceptors (Lipinski definition) is 6. The summed E-state index contributed by atoms with van der Waals surface area (Å²) >= 11 is 0. The predicted octanol–water partition coefficient (Wildman–Crippen LogP) is 2.65. The van der Waals surface area contributed by atoms with Crippen LogP contribution in [0.25, 0.3) is 0 Å². The van der Waals surface area contributed by atoms with Crippen molar-refractivity contribution in [3.05, 3.63) is 34.9 Å². The SMILES string of the molecule is COCc1noc([C@@H]2CC(F)(F)CN2C(=O)c2cc(C)oc2C)n1. The number of amides is 1. The maximum Gasteiger partial charge on any atom is 0.267 e. The first-order valence-corrected chi connectivity index (χ1v) is 7.38. The van der Waals surface area contributed by atoms with Crippen LogP contribution in [0.4, 0.5) is 8.78 Å². The van der Waals surface area contributed by atoms with E-state index in [2.05, 4.69) is 10.1 Å². The second kappa shape index (κ2) is 5.97. The lowest BCUT2D eigenvalue weighted by atomic mass is 10.1. The number of alkyl halides is 2. The quantitative estimate of drug-likeness (QED) is 0.850. The summed E-state index contributed by atoms with van der Waals surface area (Å²) in [6.07, 6.45) is -0.566. The lowest BCUT2D eigenvalue weighted by molar-refractivity contribution is 0.0116. The van der Waals surface area contributed by atoms with Crippen LogP contribution in [0.3, 0.4) is 0 Å². The van der Waals surface area contributed by atoms with E-state index in [1.807, 2.05) is 0 Å². The molecule has 0 bridgehead atoms. The van der Waals surface area contributed by atoms with Gasteiger partial charge in [-0.1, -0.05) is 5.16 Å². The summed E-state index contributed by atoms with van der Waals surface area (Å²) in [5.74, 6) is -2.42. The molecule has 0 saturated carbocycles. The Morgan fingerprint density at radius 3 is 2.88 bits per heavy atom. The second-order valence-electron chi connectivity index (χ2n) is 5.82. The zero-order valence-corrected chi connectivity index (χ0v) is 13.5. The number of hydrogen-bond donors (Lipinski definition) is 0. The van der Waals surface area contributed by atoms with Crippen molar-refractivity contribution in [2.45, 2.75) is 38.8 Å². The van der Waals surface area contributed by atoms with Gasteiger partial charge in [0.25, 0.3) is 11.8 Å². The number of methoxy groups -OCH3 is 1. The van der Waals surface area contributed by atoms with Gasteiger partial charge in [0.05, 0.1) is 12.1 Å². The minimum Gasteiger partial charge on any atom is -0.466 e. The number of carbonyl (C=O) groups is 1. The fourth-order valence-electron chi connectivity index (χ4n) is 2.84. The van der Waals surface area contributed by atoms with Crippen LogP contribution in [-0.4, -0.2) is 40.5 Å². The molecule has 1 aliphatic heterocycles. The van der Waals surface area contributed by atoms with Gasteiger partial charge in [0.2, 0.25) is 5.89 Å². The van der Waals surface area contributed by atoms with Crippen LogP contribution in [-0.2, 0) is 11.3 Å². The Morgan fingerprint density at radius 1 is 1.50 bits per heavy atom. The van der Waals surface area contributed by atoms with Gasteiger partial charge in [0, 0.05) is 13.5 Å². The van der Waals surface area contributed by atoms with E-state index in [-0.39, 0.29) is 23.9 Å². The maximum atomic E-state index is 13.9. The second-order valence-corrected chi connectivity index (χ2v) is 5.82. The maximum absolute atomic E-state index is 13.9. The third-order valence-electron chi connectivity index (χ3n) is 3.84. The number of nitrogens with zero attached hydrogens (tertiary/aromatic N) is 3. The fourth-order valence-corrected chi connectivity index (χ4v) is 2.84. The molecule has 2 aromatic rings. The van der Waals surface area contributed by atoms with Crippen LogP contribution in [0.2, 0.25) is 0 Å². The molecule has 0 aliphatic carbocycles. The molecular weight excluding hydrogens is 324 g/mol. The van der Waals surface area contributed by atoms with Gasteiger partial charge in [-0.3, -0.25) is 4.79 Å². The van der Waals surface area contributed by atoms with E-state index >= 15 is 0 Å². The normalized spacial score (nSPS) is 19.9. The average Bonchev–Trinajstić information content (AvgIpc) is 3.16. The minimum atomic E-state index is -3.02. The van der Waals surface area contributed by atoms with E-state index in [9.17, 15) is 13.6 Å². The van der Waals surface area contributed by atoms with E-state index < -0.39 is 30.8 Å². The molecule has 1 atom stereocenters. The Kier molecular flexibility index (Phi) is 4.12. The molecule has 1 saturated heterocycles. The Hall–Kier alpha value is -2.29. The molecule has 0 N–H and O–H groups in total. The highest BCUT2D eigenvalue weighted by molar-refractivity contribution is 5.95. The van der Waals surface area contributed by atoms with E-state index in [0.717, 1.165) is 4.90 Å². The molecule has 0 radical (unpaired) electrons. The number of aryl methyl sites for hydroxylation is 2. The zero-order chi connectivity index (χ0) is 17.5. The molecule has 1 amide bonds. The molecule has 130 valence electrons. The molecule has 2 aromatic heterocycles. The molecule has 7 nitrogen and oxygen atoms in total. The lowest BCUT2D eigenvalue weighted by Gasteiger charge is -2.20. The van der Waals surface area contributed by atoms with Gasteiger partial charge in [-0.2, -0.15) is 4.98 Å². The van der Waals surface area contributed by atoms with Crippen LogP contribution in [0.1, 0.15) is 46.1 Å². The monoisotopic (exact) mass is 341 g/mol. The van der Waals surface area contributed by atoms with Crippen molar-refractivity contribution < 1.29 is 27.3 Å². The van der Waals surface area contributed by atoms with E-state index in [1.54, 1.807) is 13.8 Å². The van der Waals surface area contributed by atoms with Crippen LogP contribution >= 0.6 is 0 Å². The lowest BCUT2D eigenvalue weighted by Crippen LogP contribution is -2.33. The molecule has 1 fully saturated rings. The third kappa shape index (κ3) is 3.03. The Labute approximate surface area is 136 Å². The van der Waals surface area contributed by atoms with E-state index in [4.69, 9.17) is 13.7 Å². The standard InChI is InChI=1S/C15H17F2N3O4/c1-8-4-10(9(2)23-8)14(21)20-7-15(16,17)5-11(20)13-18-12(6-22-3)19-24-13/h4,11H,5-7H2,1-3H3/t11-/m0/s1. The molecule has 3 rings (SSSR count). The number of carbonyl (C=O) groups excluding carboxylic acids is 1. The van der Waals surface area contributed by atoms with Gasteiger partial charge < -0.3 is 18.6 Å². The number of likely N-dealkylation sites (tertiary alicyclic amines) is 1. The van der Waals surface area contributed by atoms with Crippen LogP contribution < -0.4 is 0 Å². The first-order valence-electron chi connectivity index (χ1n) is 7.38. The first kappa shape index (κ1) is 16.6. The van der Waals surface area contributed by atoms with E-state index in [0.29, 0.717) is 11.5 Å². The summed E-state index contributed by atoms with van der Waals surface area (Å²) in [7, 11) is 1.46. The molecule has 0 spiro atoms. The number of rotatable bonds is 4. The summed E-state index contributed by atoms with van der Waals surface area (Å²) in [5.41, 5.74) is 0.256. The number of ether oxygens (including phenoxy) is 1. The molecule has 24 heavy (non-hydrogen) atoms. The van der Waals surface area contributed by atoms with Crippen LogP contribution in [0, 0.1) is 13.8 Å².